The van der Waals surface area contributed by atoms with Crippen LogP contribution < -0.4 is 14.7 Å². The van der Waals surface area contributed by atoms with E-state index in [-0.39, 0.29) is 15.4 Å². The number of aryl methyl sites for hydroxylation is 1. The molecule has 200 valence electrons. The van der Waals surface area contributed by atoms with Crippen molar-refractivity contribution >= 4 is 53.2 Å². The topological polar surface area (TPSA) is 150 Å². The molecule has 0 saturated carbocycles. The summed E-state index contributed by atoms with van der Waals surface area (Å²) < 4.78 is 59.2. The third-order valence-electron chi connectivity index (χ3n) is 5.56. The summed E-state index contributed by atoms with van der Waals surface area (Å²) >= 11 is 1.15. The van der Waals surface area contributed by atoms with E-state index in [2.05, 4.69) is 9.71 Å². The molecule has 0 aliphatic rings. The smallest absolute Gasteiger partial charge is 0.279 e. The molecule has 1 heterocycles. The molecule has 3 aromatic carbocycles. The van der Waals surface area contributed by atoms with Crippen molar-refractivity contribution in [2.75, 3.05) is 17.9 Å². The van der Waals surface area contributed by atoms with Crippen molar-refractivity contribution < 1.29 is 26.4 Å². The van der Waals surface area contributed by atoms with E-state index in [9.17, 15) is 21.6 Å². The first kappa shape index (κ1) is 27.7. The lowest BCUT2D eigenvalue weighted by Crippen LogP contribution is -2.20. The van der Waals surface area contributed by atoms with Gasteiger partial charge in [-0.25, -0.2) is 22.0 Å². The molecule has 0 aliphatic heterocycles. The Morgan fingerprint density at radius 3 is 2.29 bits per heavy atom. The van der Waals surface area contributed by atoms with Crippen LogP contribution in [-0.4, -0.2) is 40.5 Å². The fourth-order valence-electron chi connectivity index (χ4n) is 3.60. The van der Waals surface area contributed by atoms with Gasteiger partial charge in [-0.15, -0.1) is 0 Å². The molecule has 1 aromatic heterocycles. The van der Waals surface area contributed by atoms with Gasteiger partial charge in [-0.3, -0.25) is 9.52 Å². The lowest BCUT2D eigenvalue weighted by Gasteiger charge is -2.08. The summed E-state index contributed by atoms with van der Waals surface area (Å²) in [6, 6.07) is 16.9. The average molecular weight is 575 g/mol. The minimum atomic E-state index is -3.90. The first-order valence-electron chi connectivity index (χ1n) is 11.5. The van der Waals surface area contributed by atoms with Crippen molar-refractivity contribution in [3.8, 4) is 0 Å². The lowest BCUT2D eigenvalue weighted by atomic mass is 10.2. The number of amides is 1. The highest BCUT2D eigenvalue weighted by Crippen LogP contribution is 2.22. The predicted molar refractivity (Wildman–Crippen MR) is 146 cm³/mol. The van der Waals surface area contributed by atoms with Gasteiger partial charge in [0, 0.05) is 24.4 Å². The second-order valence-corrected chi connectivity index (χ2v) is 12.6. The molecule has 0 saturated heterocycles. The maximum Gasteiger partial charge on any atom is 0.279 e. The van der Waals surface area contributed by atoms with E-state index in [1.807, 2.05) is 13.8 Å². The van der Waals surface area contributed by atoms with Crippen LogP contribution in [0.25, 0.3) is 10.2 Å². The number of fused-ring (bicyclic) bond motifs is 1. The fourth-order valence-corrected chi connectivity index (χ4v) is 6.36. The summed E-state index contributed by atoms with van der Waals surface area (Å²) in [6.07, 6.45) is 0. The molecule has 1 amide bonds. The molecule has 4 rings (SSSR count). The van der Waals surface area contributed by atoms with Gasteiger partial charge < -0.3 is 9.30 Å². The van der Waals surface area contributed by atoms with Crippen molar-refractivity contribution in [2.45, 2.75) is 30.2 Å². The van der Waals surface area contributed by atoms with Gasteiger partial charge in [-0.2, -0.15) is 4.99 Å². The maximum atomic E-state index is 13.0. The first-order valence-corrected chi connectivity index (χ1v) is 15.3. The van der Waals surface area contributed by atoms with Crippen molar-refractivity contribution in [3.63, 3.8) is 0 Å². The number of nitrogens with zero attached hydrogens (tertiary/aromatic N) is 2. The van der Waals surface area contributed by atoms with E-state index in [0.717, 1.165) is 16.9 Å². The Kier molecular flexibility index (Phi) is 8.13. The van der Waals surface area contributed by atoms with E-state index in [0.29, 0.717) is 40.5 Å². The second-order valence-electron chi connectivity index (χ2n) is 8.32. The van der Waals surface area contributed by atoms with Crippen LogP contribution in [0, 0.1) is 6.92 Å². The van der Waals surface area contributed by atoms with Crippen molar-refractivity contribution in [1.82, 2.24) is 4.57 Å². The third kappa shape index (κ3) is 6.37. The second kappa shape index (κ2) is 11.2. The average Bonchev–Trinajstić information content (AvgIpc) is 3.20. The summed E-state index contributed by atoms with van der Waals surface area (Å²) in [5, 5.41) is 5.27. The molecule has 10 nitrogen and oxygen atoms in total. The molecule has 0 bridgehead atoms. The minimum absolute atomic E-state index is 0.0373. The van der Waals surface area contributed by atoms with Crippen LogP contribution in [-0.2, 0) is 31.3 Å². The van der Waals surface area contributed by atoms with Crippen LogP contribution in [0.2, 0.25) is 0 Å². The molecule has 0 fully saturated rings. The highest BCUT2D eigenvalue weighted by atomic mass is 32.2. The quantitative estimate of drug-likeness (QED) is 0.293. The van der Waals surface area contributed by atoms with Crippen LogP contribution in [0.15, 0.2) is 81.5 Å². The van der Waals surface area contributed by atoms with E-state index < -0.39 is 26.0 Å². The van der Waals surface area contributed by atoms with Gasteiger partial charge in [-0.05, 0) is 68.4 Å². The number of ether oxygens (including phenoxy) is 1. The molecule has 0 unspecified atom stereocenters. The van der Waals surface area contributed by atoms with Crippen molar-refractivity contribution in [3.05, 3.63) is 82.7 Å². The molecular weight excluding hydrogens is 548 g/mol. The number of aromatic nitrogens is 1. The zero-order valence-electron chi connectivity index (χ0n) is 20.6. The highest BCUT2D eigenvalue weighted by Gasteiger charge is 2.16. The summed E-state index contributed by atoms with van der Waals surface area (Å²) in [5.74, 6) is -0.540. The number of carbonyl (C=O) groups excluding carboxylic acids is 1. The summed E-state index contributed by atoms with van der Waals surface area (Å²) in [4.78, 5) is 17.7. The number of rotatable bonds is 9. The Bertz CT molecular complexity index is 1760. The summed E-state index contributed by atoms with van der Waals surface area (Å²) in [6.45, 7) is 5.02. The van der Waals surface area contributed by atoms with Crippen LogP contribution >= 0.6 is 11.3 Å². The van der Waals surface area contributed by atoms with Gasteiger partial charge in [0.05, 0.1) is 26.6 Å². The Balaban J connectivity index is 1.63. The van der Waals surface area contributed by atoms with Gasteiger partial charge in [0.2, 0.25) is 10.0 Å². The van der Waals surface area contributed by atoms with E-state index >= 15 is 0 Å². The van der Waals surface area contributed by atoms with E-state index in [4.69, 9.17) is 9.88 Å². The number of nitrogens with one attached hydrogen (secondary N) is 1. The molecule has 0 atom stereocenters. The van der Waals surface area contributed by atoms with Gasteiger partial charge >= 0.3 is 0 Å². The number of carbonyl (C=O) groups is 1. The molecule has 38 heavy (non-hydrogen) atoms. The zero-order chi connectivity index (χ0) is 27.5. The molecule has 4 aromatic rings. The van der Waals surface area contributed by atoms with Gasteiger partial charge in [0.1, 0.15) is 0 Å². The van der Waals surface area contributed by atoms with Crippen molar-refractivity contribution in [1.29, 1.82) is 0 Å². The largest absolute Gasteiger partial charge is 0.380 e. The number of hydrogen-bond acceptors (Lipinski definition) is 7. The predicted octanol–water partition coefficient (Wildman–Crippen LogP) is 3.24. The lowest BCUT2D eigenvalue weighted by molar-refractivity contribution is 0.0996. The number of anilines is 1. The maximum absolute atomic E-state index is 13.0. The zero-order valence-corrected chi connectivity index (χ0v) is 23.1. The number of nitrogens with two attached hydrogens (primary N) is 1. The van der Waals surface area contributed by atoms with E-state index in [1.54, 1.807) is 22.8 Å². The Hall–Kier alpha value is -3.36. The third-order valence-corrected chi connectivity index (χ3v) is 8.91. The summed E-state index contributed by atoms with van der Waals surface area (Å²) in [7, 11) is -7.68. The SMILES string of the molecule is CCOCCn1c(=NC(=O)c2ccc(NS(=O)(=O)c3ccc(C)cc3)cc2)sc2cc(S(N)(=O)=O)ccc21. The highest BCUT2D eigenvalue weighted by molar-refractivity contribution is 7.92. The molecule has 3 N–H and O–H groups in total. The number of primary sulfonamides is 1. The van der Waals surface area contributed by atoms with Gasteiger partial charge in [-0.1, -0.05) is 29.0 Å². The van der Waals surface area contributed by atoms with Gasteiger partial charge in [0.25, 0.3) is 15.9 Å². The Labute approximate surface area is 224 Å². The molecular formula is C25H26N4O6S3. The standard InChI is InChI=1S/C25H26N4O6S3/c1-3-35-15-14-29-22-13-12-21(37(26,31)32)16-23(22)36-25(29)27-24(30)18-6-8-19(9-7-18)28-38(33,34)20-10-4-17(2)5-11-20/h4-13,16,28H,3,14-15H2,1-2H3,(H2,26,31,32). The van der Waals surface area contributed by atoms with Crippen molar-refractivity contribution in [2.24, 2.45) is 10.1 Å². The molecule has 0 radical (unpaired) electrons. The number of benzene rings is 3. The number of hydrogen-bond donors (Lipinski definition) is 2. The molecule has 0 spiro atoms. The van der Waals surface area contributed by atoms with Crippen LogP contribution in [0.4, 0.5) is 5.69 Å². The van der Waals surface area contributed by atoms with E-state index in [1.165, 1.54) is 48.5 Å². The normalized spacial score (nSPS) is 12.7. The Morgan fingerprint density at radius 2 is 1.66 bits per heavy atom. The molecule has 13 heteroatoms. The van der Waals surface area contributed by atoms with Crippen LogP contribution in [0.3, 0.4) is 0 Å². The fraction of sp³-hybridized carbons (Fsp3) is 0.200. The number of thiazole rings is 1. The van der Waals surface area contributed by atoms with Crippen LogP contribution in [0.1, 0.15) is 22.8 Å². The summed E-state index contributed by atoms with van der Waals surface area (Å²) in [5.41, 5.74) is 2.18. The van der Waals surface area contributed by atoms with Gasteiger partial charge in [0.15, 0.2) is 4.80 Å². The number of sulfonamides is 2. The monoisotopic (exact) mass is 574 g/mol. The molecule has 0 aliphatic carbocycles. The first-order chi connectivity index (χ1) is 18.0. The minimum Gasteiger partial charge on any atom is -0.380 e. The van der Waals surface area contributed by atoms with Crippen LogP contribution in [0.5, 0.6) is 0 Å². The Morgan fingerprint density at radius 1 is 1.00 bits per heavy atom.